The largest absolute Gasteiger partial charge is 0.325 e. The van der Waals surface area contributed by atoms with Crippen LogP contribution in [0.25, 0.3) is 0 Å². The van der Waals surface area contributed by atoms with E-state index in [1.807, 2.05) is 0 Å². The van der Waals surface area contributed by atoms with Gasteiger partial charge >= 0.3 is 10.7 Å². The van der Waals surface area contributed by atoms with E-state index in [0.717, 1.165) is 24.3 Å². The van der Waals surface area contributed by atoms with E-state index in [9.17, 15) is 37.1 Å². The maximum atomic E-state index is 13.0. The molecular formula is C18H20N2O8S2. The van der Waals surface area contributed by atoms with E-state index in [2.05, 4.69) is 0 Å². The third-order valence-electron chi connectivity index (χ3n) is 4.55. The van der Waals surface area contributed by atoms with Gasteiger partial charge in [-0.2, -0.15) is 0 Å². The zero-order valence-corrected chi connectivity index (χ0v) is 17.5. The van der Waals surface area contributed by atoms with Gasteiger partial charge in [0, 0.05) is 9.85 Å². The first-order chi connectivity index (χ1) is 14.0. The second-order valence-corrected chi connectivity index (χ2v) is 10.6. The molecule has 0 radical (unpaired) electrons. The summed E-state index contributed by atoms with van der Waals surface area (Å²) in [6, 6.07) is 12.9. The van der Waals surface area contributed by atoms with Gasteiger partial charge in [-0.3, -0.25) is 20.2 Å². The van der Waals surface area contributed by atoms with Crippen molar-refractivity contribution >= 4 is 19.7 Å². The van der Waals surface area contributed by atoms with Gasteiger partial charge in [0.25, 0.3) is 0 Å². The minimum Gasteiger partial charge on any atom is -0.263 e. The summed E-state index contributed by atoms with van der Waals surface area (Å²) in [4.78, 5) is 20.5. The zero-order chi connectivity index (χ0) is 22.5. The minimum absolute atomic E-state index is 0.105. The molecule has 0 saturated heterocycles. The van der Waals surface area contributed by atoms with Crippen molar-refractivity contribution in [3.8, 4) is 0 Å². The van der Waals surface area contributed by atoms with Crippen molar-refractivity contribution in [2.75, 3.05) is 0 Å². The van der Waals surface area contributed by atoms with E-state index in [1.54, 1.807) is 0 Å². The Morgan fingerprint density at radius 3 is 1.33 bits per heavy atom. The van der Waals surface area contributed by atoms with Crippen molar-refractivity contribution in [2.24, 2.45) is 5.92 Å². The lowest BCUT2D eigenvalue weighted by atomic mass is 10.0. The first-order valence-corrected chi connectivity index (χ1v) is 12.0. The molecule has 0 fully saturated rings. The van der Waals surface area contributed by atoms with Gasteiger partial charge in [-0.1, -0.05) is 49.7 Å². The summed E-state index contributed by atoms with van der Waals surface area (Å²) in [6.07, 6.45) is -0.247. The quantitative estimate of drug-likeness (QED) is 0.390. The molecule has 0 aliphatic heterocycles. The van der Waals surface area contributed by atoms with Crippen LogP contribution in [0.1, 0.15) is 19.8 Å². The number of benzene rings is 2. The van der Waals surface area contributed by atoms with Gasteiger partial charge in [0.1, 0.15) is 5.92 Å². The maximum Gasteiger partial charge on any atom is 0.325 e. The van der Waals surface area contributed by atoms with Crippen LogP contribution in [-0.4, -0.2) is 37.4 Å². The van der Waals surface area contributed by atoms with Crippen molar-refractivity contribution in [3.63, 3.8) is 0 Å². The second-order valence-electron chi connectivity index (χ2n) is 6.52. The van der Waals surface area contributed by atoms with Gasteiger partial charge in [0.2, 0.25) is 19.7 Å². The molecule has 2 rings (SSSR count). The van der Waals surface area contributed by atoms with Crippen molar-refractivity contribution < 1.29 is 26.7 Å². The molecule has 0 aromatic heterocycles. The van der Waals surface area contributed by atoms with Crippen molar-refractivity contribution in [1.29, 1.82) is 0 Å². The van der Waals surface area contributed by atoms with Gasteiger partial charge in [0.05, 0.1) is 9.79 Å². The Labute approximate surface area is 173 Å². The Hall–Kier alpha value is -2.86. The molecule has 0 saturated carbocycles. The van der Waals surface area contributed by atoms with E-state index in [1.165, 1.54) is 43.3 Å². The Bertz CT molecular complexity index is 1020. The van der Waals surface area contributed by atoms with E-state index in [0.29, 0.717) is 0 Å². The standard InChI is InChI=1S/C18H20N2O8S2/c1-2-9-16(17(19(21)22)29(25,26)14-10-5-3-6-11-14)18(20(23)24)30(27,28)15-12-7-4-8-13-15/h3-8,10-13,16-18H,2,9H2,1H3/t17-,18-/m1/s1. The van der Waals surface area contributed by atoms with Gasteiger partial charge in [-0.15, -0.1) is 0 Å². The summed E-state index contributed by atoms with van der Waals surface area (Å²) < 4.78 is 52.1. The van der Waals surface area contributed by atoms with Crippen molar-refractivity contribution in [1.82, 2.24) is 0 Å². The topological polar surface area (TPSA) is 155 Å². The highest BCUT2D eigenvalue weighted by atomic mass is 32.2. The van der Waals surface area contributed by atoms with E-state index in [4.69, 9.17) is 0 Å². The smallest absolute Gasteiger partial charge is 0.263 e. The second kappa shape index (κ2) is 9.30. The average molecular weight is 456 g/mol. The molecule has 2 atom stereocenters. The van der Waals surface area contributed by atoms with Crippen LogP contribution in [0, 0.1) is 26.1 Å². The molecule has 0 aliphatic rings. The monoisotopic (exact) mass is 456 g/mol. The summed E-state index contributed by atoms with van der Waals surface area (Å²) in [5.41, 5.74) is 0. The first-order valence-electron chi connectivity index (χ1n) is 8.90. The SMILES string of the molecule is CCCC([C@H]([N+](=O)[O-])S(=O)(=O)c1ccccc1)[C@H]([N+](=O)[O-])S(=O)(=O)c1ccccc1. The summed E-state index contributed by atoms with van der Waals surface area (Å²) in [5, 5.41) is 18.7. The molecule has 12 heteroatoms. The van der Waals surface area contributed by atoms with Gasteiger partial charge in [0.15, 0.2) is 0 Å². The summed E-state index contributed by atoms with van der Waals surface area (Å²) in [5.74, 6) is -1.91. The fourth-order valence-corrected chi connectivity index (χ4v) is 6.93. The van der Waals surface area contributed by atoms with Gasteiger partial charge in [-0.25, -0.2) is 16.8 Å². The first kappa shape index (κ1) is 23.4. The van der Waals surface area contributed by atoms with Crippen LogP contribution in [0.3, 0.4) is 0 Å². The number of hydrogen-bond donors (Lipinski definition) is 0. The Morgan fingerprint density at radius 2 is 1.07 bits per heavy atom. The predicted molar refractivity (Wildman–Crippen MR) is 107 cm³/mol. The molecule has 162 valence electrons. The van der Waals surface area contributed by atoms with Crippen molar-refractivity contribution in [2.45, 2.75) is 40.3 Å². The van der Waals surface area contributed by atoms with Crippen LogP contribution >= 0.6 is 0 Å². The lowest BCUT2D eigenvalue weighted by Crippen LogP contribution is -2.48. The predicted octanol–water partition coefficient (Wildman–Crippen LogP) is 2.56. The molecule has 2 aromatic rings. The molecule has 0 heterocycles. The van der Waals surface area contributed by atoms with E-state index >= 15 is 0 Å². The molecule has 0 spiro atoms. The highest BCUT2D eigenvalue weighted by Gasteiger charge is 2.57. The summed E-state index contributed by atoms with van der Waals surface area (Å²) in [7, 11) is -9.42. The molecule has 0 bridgehead atoms. The zero-order valence-electron chi connectivity index (χ0n) is 15.9. The van der Waals surface area contributed by atoms with Crippen LogP contribution in [0.4, 0.5) is 0 Å². The highest BCUT2D eigenvalue weighted by Crippen LogP contribution is 2.33. The van der Waals surface area contributed by atoms with Crippen LogP contribution in [-0.2, 0) is 19.7 Å². The molecular weight excluding hydrogens is 436 g/mol. The molecule has 2 aromatic carbocycles. The van der Waals surface area contributed by atoms with Crippen LogP contribution < -0.4 is 0 Å². The molecule has 0 N–H and O–H groups in total. The average Bonchev–Trinajstić information content (AvgIpc) is 2.68. The fourth-order valence-electron chi connectivity index (χ4n) is 3.26. The van der Waals surface area contributed by atoms with Crippen LogP contribution in [0.15, 0.2) is 70.5 Å². The number of rotatable bonds is 10. The number of hydrogen-bond acceptors (Lipinski definition) is 8. The minimum atomic E-state index is -4.71. The third kappa shape index (κ3) is 4.65. The van der Waals surface area contributed by atoms with Crippen molar-refractivity contribution in [3.05, 3.63) is 80.9 Å². The maximum absolute atomic E-state index is 13.0. The van der Waals surface area contributed by atoms with Gasteiger partial charge in [-0.05, 0) is 30.7 Å². The molecule has 30 heavy (non-hydrogen) atoms. The lowest BCUT2D eigenvalue weighted by Gasteiger charge is -2.23. The summed E-state index contributed by atoms with van der Waals surface area (Å²) in [6.45, 7) is 1.53. The highest BCUT2D eigenvalue weighted by molar-refractivity contribution is 7.92. The Balaban J connectivity index is 2.71. The molecule has 0 unspecified atom stereocenters. The molecule has 10 nitrogen and oxygen atoms in total. The third-order valence-corrected chi connectivity index (χ3v) is 8.72. The lowest BCUT2D eigenvalue weighted by molar-refractivity contribution is -0.545. The molecule has 0 amide bonds. The van der Waals surface area contributed by atoms with Crippen LogP contribution in [0.5, 0.6) is 0 Å². The normalized spacial score (nSPS) is 14.2. The Morgan fingerprint density at radius 1 is 0.733 bits per heavy atom. The van der Waals surface area contributed by atoms with E-state index in [-0.39, 0.29) is 12.8 Å². The number of nitro groups is 2. The number of nitrogens with zero attached hydrogens (tertiary/aromatic N) is 2. The summed E-state index contributed by atoms with van der Waals surface area (Å²) >= 11 is 0. The van der Waals surface area contributed by atoms with Crippen LogP contribution in [0.2, 0.25) is 0 Å². The van der Waals surface area contributed by atoms with E-state index < -0.39 is 56.0 Å². The number of sulfone groups is 2. The van der Waals surface area contributed by atoms with Gasteiger partial charge < -0.3 is 0 Å². The fraction of sp³-hybridized carbons (Fsp3) is 0.333. The Kier molecular flexibility index (Phi) is 7.26. The molecule has 0 aliphatic carbocycles.